The van der Waals surface area contributed by atoms with Crippen LogP contribution in [0.3, 0.4) is 0 Å². The maximum atomic E-state index is 11.9. The normalized spacial score (nSPS) is 19.6. The molecule has 1 aromatic rings. The zero-order chi connectivity index (χ0) is 20.0. The molecule has 0 radical (unpaired) electrons. The van der Waals surface area contributed by atoms with Crippen molar-refractivity contribution >= 4 is 5.97 Å². The topological polar surface area (TPSA) is 35.5 Å². The fourth-order valence-corrected chi connectivity index (χ4v) is 3.82. The Morgan fingerprint density at radius 1 is 1.00 bits per heavy atom. The van der Waals surface area contributed by atoms with E-state index in [1.807, 2.05) is 12.1 Å². The van der Waals surface area contributed by atoms with Crippen molar-refractivity contribution < 1.29 is 14.3 Å². The summed E-state index contributed by atoms with van der Waals surface area (Å²) in [4.78, 5) is 11.9. The van der Waals surface area contributed by atoms with Gasteiger partial charge >= 0.3 is 5.97 Å². The van der Waals surface area contributed by atoms with Gasteiger partial charge in [0, 0.05) is 0 Å². The summed E-state index contributed by atoms with van der Waals surface area (Å²) in [6, 6.07) is 7.22. The van der Waals surface area contributed by atoms with Gasteiger partial charge in [-0.25, -0.2) is 4.79 Å². The smallest absolute Gasteiger partial charge is 0.338 e. The lowest BCUT2D eigenvalue weighted by Gasteiger charge is -2.26. The molecule has 156 valence electrons. The molecule has 0 saturated heterocycles. The van der Waals surface area contributed by atoms with Crippen molar-refractivity contribution in [2.75, 3.05) is 13.2 Å². The van der Waals surface area contributed by atoms with Crippen LogP contribution in [-0.4, -0.2) is 19.2 Å². The first-order valence-corrected chi connectivity index (χ1v) is 11.3. The molecule has 3 heteroatoms. The Morgan fingerprint density at radius 3 is 2.39 bits per heavy atom. The molecule has 0 atom stereocenters. The number of carbonyl (C=O) groups is 1. The lowest BCUT2D eigenvalue weighted by Crippen LogP contribution is -2.13. The highest BCUT2D eigenvalue weighted by Gasteiger charge is 2.18. The maximum Gasteiger partial charge on any atom is 0.338 e. The first kappa shape index (κ1) is 22.5. The van der Waals surface area contributed by atoms with Crippen LogP contribution in [0.5, 0.6) is 5.75 Å². The highest BCUT2D eigenvalue weighted by molar-refractivity contribution is 5.89. The molecule has 0 bridgehead atoms. The number of allylic oxidation sites excluding steroid dienone is 1. The molecule has 1 aliphatic rings. The van der Waals surface area contributed by atoms with E-state index in [-0.39, 0.29) is 5.97 Å². The first-order valence-electron chi connectivity index (χ1n) is 11.3. The molecule has 3 nitrogen and oxygen atoms in total. The number of esters is 1. The number of hydrogen-bond acceptors (Lipinski definition) is 3. The standard InChI is InChI=1S/C25H38O3/c1-3-5-7-9-21-11-13-22(14-12-21)10-8-20-27-24-17-15-23(16-18-24)25(26)28-19-6-4-2/h8,10,15-18,21-22H,3-7,9,11-14,19-20H2,1-2H3/b10-8+. The summed E-state index contributed by atoms with van der Waals surface area (Å²) in [7, 11) is 0. The van der Waals surface area contributed by atoms with Gasteiger partial charge in [0.25, 0.3) is 0 Å². The molecular formula is C25H38O3. The highest BCUT2D eigenvalue weighted by Crippen LogP contribution is 2.32. The number of ether oxygens (including phenoxy) is 2. The number of unbranched alkanes of at least 4 members (excludes halogenated alkanes) is 3. The molecule has 0 aliphatic heterocycles. The average molecular weight is 387 g/mol. The van der Waals surface area contributed by atoms with Gasteiger partial charge in [-0.15, -0.1) is 0 Å². The Balaban J connectivity index is 1.63. The summed E-state index contributed by atoms with van der Waals surface area (Å²) in [5.41, 5.74) is 0.578. The highest BCUT2D eigenvalue weighted by atomic mass is 16.5. The van der Waals surface area contributed by atoms with Crippen molar-refractivity contribution in [3.63, 3.8) is 0 Å². The molecule has 1 saturated carbocycles. The molecule has 2 rings (SSSR count). The summed E-state index contributed by atoms with van der Waals surface area (Å²) in [6.45, 7) is 5.42. The Morgan fingerprint density at radius 2 is 1.71 bits per heavy atom. The van der Waals surface area contributed by atoms with E-state index in [9.17, 15) is 4.79 Å². The average Bonchev–Trinajstić information content (AvgIpc) is 2.73. The molecule has 0 N–H and O–H groups in total. The van der Waals surface area contributed by atoms with E-state index in [1.165, 1.54) is 51.4 Å². The first-order chi connectivity index (χ1) is 13.7. The Labute approximate surface area is 171 Å². The van der Waals surface area contributed by atoms with Gasteiger partial charge in [-0.05, 0) is 68.2 Å². The van der Waals surface area contributed by atoms with E-state index in [2.05, 4.69) is 26.0 Å². The van der Waals surface area contributed by atoms with E-state index in [0.717, 1.165) is 24.5 Å². The summed E-state index contributed by atoms with van der Waals surface area (Å²) >= 11 is 0. The predicted molar refractivity (Wildman–Crippen MR) is 116 cm³/mol. The van der Waals surface area contributed by atoms with Gasteiger partial charge < -0.3 is 9.47 Å². The van der Waals surface area contributed by atoms with Crippen LogP contribution in [0.4, 0.5) is 0 Å². The van der Waals surface area contributed by atoms with Crippen LogP contribution < -0.4 is 4.74 Å². The van der Waals surface area contributed by atoms with E-state index in [4.69, 9.17) is 9.47 Å². The van der Waals surface area contributed by atoms with Crippen LogP contribution in [0, 0.1) is 11.8 Å². The van der Waals surface area contributed by atoms with Crippen molar-refractivity contribution in [1.29, 1.82) is 0 Å². The van der Waals surface area contributed by atoms with Crippen molar-refractivity contribution in [3.8, 4) is 5.75 Å². The third kappa shape index (κ3) is 8.50. The van der Waals surface area contributed by atoms with Crippen LogP contribution in [0.25, 0.3) is 0 Å². The monoisotopic (exact) mass is 386 g/mol. The third-order valence-electron chi connectivity index (χ3n) is 5.68. The summed E-state index contributed by atoms with van der Waals surface area (Å²) in [6.07, 6.45) is 17.4. The van der Waals surface area contributed by atoms with Gasteiger partial charge in [0.2, 0.25) is 0 Å². The fourth-order valence-electron chi connectivity index (χ4n) is 3.82. The van der Waals surface area contributed by atoms with Gasteiger partial charge in [0.05, 0.1) is 12.2 Å². The molecule has 1 aliphatic carbocycles. The number of benzene rings is 1. The third-order valence-corrected chi connectivity index (χ3v) is 5.68. The van der Waals surface area contributed by atoms with E-state index in [1.54, 1.807) is 12.1 Å². The SMILES string of the molecule is CCCCCC1CCC(/C=C/COc2ccc(C(=O)OCCCC)cc2)CC1. The summed E-state index contributed by atoms with van der Waals surface area (Å²) in [5.74, 6) is 2.20. The second kappa shape index (κ2) is 13.4. The molecule has 1 aromatic carbocycles. The van der Waals surface area contributed by atoms with Crippen LogP contribution in [0.1, 0.15) is 88.4 Å². The maximum absolute atomic E-state index is 11.9. The summed E-state index contributed by atoms with van der Waals surface area (Å²) in [5, 5.41) is 0. The number of hydrogen-bond donors (Lipinski definition) is 0. The molecule has 0 amide bonds. The predicted octanol–water partition coefficient (Wildman–Crippen LogP) is 6.97. The largest absolute Gasteiger partial charge is 0.490 e. The van der Waals surface area contributed by atoms with Crippen molar-refractivity contribution in [2.24, 2.45) is 11.8 Å². The van der Waals surface area contributed by atoms with E-state index >= 15 is 0 Å². The second-order valence-electron chi connectivity index (χ2n) is 8.03. The molecule has 0 spiro atoms. The second-order valence-corrected chi connectivity index (χ2v) is 8.03. The molecular weight excluding hydrogens is 348 g/mol. The molecule has 28 heavy (non-hydrogen) atoms. The summed E-state index contributed by atoms with van der Waals surface area (Å²) < 4.78 is 11.0. The molecule has 0 heterocycles. The number of carbonyl (C=O) groups excluding carboxylic acids is 1. The Hall–Kier alpha value is -1.77. The van der Waals surface area contributed by atoms with E-state index < -0.39 is 0 Å². The molecule has 0 aromatic heterocycles. The van der Waals surface area contributed by atoms with E-state index in [0.29, 0.717) is 24.7 Å². The molecule has 1 fully saturated rings. The van der Waals surface area contributed by atoms with Crippen LogP contribution in [0.15, 0.2) is 36.4 Å². The minimum atomic E-state index is -0.259. The van der Waals surface area contributed by atoms with Gasteiger partial charge in [-0.1, -0.05) is 58.1 Å². The lowest BCUT2D eigenvalue weighted by atomic mass is 9.79. The van der Waals surface area contributed by atoms with Crippen molar-refractivity contribution in [1.82, 2.24) is 0 Å². The quantitative estimate of drug-likeness (QED) is 0.221. The Bertz CT molecular complexity index is 568. The van der Waals surface area contributed by atoms with Crippen molar-refractivity contribution in [3.05, 3.63) is 42.0 Å². The lowest BCUT2D eigenvalue weighted by molar-refractivity contribution is 0.0499. The van der Waals surface area contributed by atoms with Crippen LogP contribution in [-0.2, 0) is 4.74 Å². The van der Waals surface area contributed by atoms with Crippen LogP contribution in [0.2, 0.25) is 0 Å². The van der Waals surface area contributed by atoms with Crippen LogP contribution >= 0.6 is 0 Å². The zero-order valence-electron chi connectivity index (χ0n) is 17.8. The zero-order valence-corrected chi connectivity index (χ0v) is 17.8. The minimum Gasteiger partial charge on any atom is -0.490 e. The van der Waals surface area contributed by atoms with Crippen molar-refractivity contribution in [2.45, 2.75) is 78.1 Å². The van der Waals surface area contributed by atoms with Gasteiger partial charge in [-0.2, -0.15) is 0 Å². The fraction of sp³-hybridized carbons (Fsp3) is 0.640. The molecule has 0 unspecified atom stereocenters. The van der Waals surface area contributed by atoms with Gasteiger partial charge in [0.15, 0.2) is 0 Å². The minimum absolute atomic E-state index is 0.259. The Kier molecular flexibility index (Phi) is 10.8. The van der Waals surface area contributed by atoms with Gasteiger partial charge in [0.1, 0.15) is 12.4 Å². The number of rotatable bonds is 12. The van der Waals surface area contributed by atoms with Gasteiger partial charge in [-0.3, -0.25) is 0 Å².